The molecular formula is C45H67N5O10S. The second-order valence-corrected chi connectivity index (χ2v) is 19.7. The van der Waals surface area contributed by atoms with Crippen molar-refractivity contribution in [3.63, 3.8) is 0 Å². The summed E-state index contributed by atoms with van der Waals surface area (Å²) in [6.07, 6.45) is 5.29. The fourth-order valence-corrected chi connectivity index (χ4v) is 8.64. The second-order valence-electron chi connectivity index (χ2n) is 18.0. The van der Waals surface area contributed by atoms with Crippen LogP contribution in [0.1, 0.15) is 99.8 Å². The SMILES string of the molecule is CCOC(=O)[C@H](CNC(=O)CNC(=O)C(CCC1CCN(C(=O)OC(C)(C)C)CC1)CCC1CCN(C(=O)OC(C)(C)C)CC1)NS(=O)(=O)c1ccc(-c2ccccc2)cc1. The first kappa shape index (κ1) is 49.0. The third-order valence-corrected chi connectivity index (χ3v) is 12.3. The number of hydrogen-bond donors (Lipinski definition) is 3. The number of nitrogens with zero attached hydrogens (tertiary/aromatic N) is 2. The molecule has 16 heteroatoms. The lowest BCUT2D eigenvalue weighted by molar-refractivity contribution is -0.145. The van der Waals surface area contributed by atoms with Crippen LogP contribution in [0.4, 0.5) is 9.59 Å². The van der Waals surface area contributed by atoms with Crippen LogP contribution >= 0.6 is 0 Å². The van der Waals surface area contributed by atoms with Crippen LogP contribution < -0.4 is 15.4 Å². The number of piperidine rings is 2. The van der Waals surface area contributed by atoms with Gasteiger partial charge in [-0.1, -0.05) is 42.5 Å². The number of esters is 1. The zero-order valence-corrected chi connectivity index (χ0v) is 37.8. The lowest BCUT2D eigenvalue weighted by Crippen LogP contribution is -2.50. The number of sulfonamides is 1. The van der Waals surface area contributed by atoms with E-state index < -0.39 is 45.7 Å². The lowest BCUT2D eigenvalue weighted by Gasteiger charge is -2.34. The molecule has 2 saturated heterocycles. The van der Waals surface area contributed by atoms with Crippen molar-refractivity contribution in [1.29, 1.82) is 0 Å². The molecular weight excluding hydrogens is 803 g/mol. The predicted octanol–water partition coefficient (Wildman–Crippen LogP) is 6.27. The highest BCUT2D eigenvalue weighted by atomic mass is 32.2. The topological polar surface area (TPSA) is 190 Å². The second kappa shape index (κ2) is 22.4. The fourth-order valence-electron chi connectivity index (χ4n) is 7.46. The van der Waals surface area contributed by atoms with Gasteiger partial charge >= 0.3 is 18.2 Å². The van der Waals surface area contributed by atoms with E-state index >= 15 is 0 Å². The molecule has 0 unspecified atom stereocenters. The van der Waals surface area contributed by atoms with Gasteiger partial charge in [-0.15, -0.1) is 0 Å². The highest BCUT2D eigenvalue weighted by molar-refractivity contribution is 7.89. The van der Waals surface area contributed by atoms with Crippen LogP contribution in [0.25, 0.3) is 11.1 Å². The molecule has 2 aromatic carbocycles. The molecule has 2 heterocycles. The minimum absolute atomic E-state index is 0.0000651. The molecule has 0 aromatic heterocycles. The highest BCUT2D eigenvalue weighted by Crippen LogP contribution is 2.30. The van der Waals surface area contributed by atoms with E-state index in [1.54, 1.807) is 28.9 Å². The number of rotatable bonds is 17. The minimum atomic E-state index is -4.19. The molecule has 0 bridgehead atoms. The maximum atomic E-state index is 13.7. The number of nitrogens with one attached hydrogen (secondary N) is 3. The first-order valence-corrected chi connectivity index (χ1v) is 23.1. The monoisotopic (exact) mass is 869 g/mol. The third-order valence-electron chi connectivity index (χ3n) is 10.8. The first-order valence-electron chi connectivity index (χ1n) is 21.6. The van der Waals surface area contributed by atoms with Crippen molar-refractivity contribution in [2.45, 2.75) is 122 Å². The first-order chi connectivity index (χ1) is 28.7. The van der Waals surface area contributed by atoms with Gasteiger partial charge in [0.2, 0.25) is 21.8 Å². The fraction of sp³-hybridized carbons (Fsp3) is 0.622. The molecule has 0 saturated carbocycles. The largest absolute Gasteiger partial charge is 0.465 e. The van der Waals surface area contributed by atoms with Gasteiger partial charge in [0.05, 0.1) is 18.0 Å². The zero-order chi connectivity index (χ0) is 44.8. The molecule has 0 radical (unpaired) electrons. The van der Waals surface area contributed by atoms with Crippen LogP contribution in [-0.2, 0) is 38.6 Å². The number of ether oxygens (including phenoxy) is 3. The quantitative estimate of drug-likeness (QED) is 0.121. The van der Waals surface area contributed by atoms with Gasteiger partial charge in [0.1, 0.15) is 17.2 Å². The van der Waals surface area contributed by atoms with Gasteiger partial charge in [0, 0.05) is 38.6 Å². The Bertz CT molecular complexity index is 1810. The molecule has 2 aliphatic rings. The van der Waals surface area contributed by atoms with Crippen molar-refractivity contribution in [3.05, 3.63) is 54.6 Å². The van der Waals surface area contributed by atoms with Crippen LogP contribution in [0, 0.1) is 17.8 Å². The average Bonchev–Trinajstić information content (AvgIpc) is 3.21. The van der Waals surface area contributed by atoms with E-state index in [1.807, 2.05) is 71.9 Å². The average molecular weight is 870 g/mol. The predicted molar refractivity (Wildman–Crippen MR) is 232 cm³/mol. The number of amides is 4. The summed E-state index contributed by atoms with van der Waals surface area (Å²) in [5.41, 5.74) is 0.585. The molecule has 1 atom stereocenters. The maximum Gasteiger partial charge on any atom is 0.410 e. The molecule has 338 valence electrons. The standard InChI is InChI=1S/C45H67N5O10S/c1-8-58-41(53)38(48-61(56,57)37-20-18-35(19-21-37)34-12-10-9-11-13-34)30-46-39(51)31-47-40(52)36(16-14-32-22-26-49(27-23-32)42(54)59-44(2,3)4)17-15-33-24-28-50(29-25-33)43(55)60-45(5,6)7/h9-13,18-21,32-33,36,38,48H,8,14-17,22-31H2,1-7H3,(H,46,51)(H,47,52)/t38-/m0/s1. The van der Waals surface area contributed by atoms with Crippen LogP contribution in [0.15, 0.2) is 59.5 Å². The summed E-state index contributed by atoms with van der Waals surface area (Å²) in [6.45, 7) is 14.2. The van der Waals surface area contributed by atoms with Gasteiger partial charge < -0.3 is 34.6 Å². The van der Waals surface area contributed by atoms with Crippen LogP contribution in [-0.4, -0.2) is 111 Å². The van der Waals surface area contributed by atoms with Crippen molar-refractivity contribution in [2.24, 2.45) is 17.8 Å². The number of hydrogen-bond acceptors (Lipinski definition) is 10. The Hall–Kier alpha value is -4.70. The van der Waals surface area contributed by atoms with Gasteiger partial charge in [0.25, 0.3) is 0 Å². The smallest absolute Gasteiger partial charge is 0.410 e. The van der Waals surface area contributed by atoms with E-state index in [9.17, 15) is 32.4 Å². The Balaban J connectivity index is 1.33. The molecule has 4 rings (SSSR count). The van der Waals surface area contributed by atoms with Crippen molar-refractivity contribution < 1.29 is 46.6 Å². The Morgan fingerprint density at radius 1 is 0.705 bits per heavy atom. The zero-order valence-electron chi connectivity index (χ0n) is 37.0. The number of benzene rings is 2. The van der Waals surface area contributed by atoms with E-state index in [0.29, 0.717) is 50.9 Å². The van der Waals surface area contributed by atoms with E-state index in [0.717, 1.165) is 49.7 Å². The summed E-state index contributed by atoms with van der Waals surface area (Å²) in [6, 6.07) is 14.3. The van der Waals surface area contributed by atoms with Crippen molar-refractivity contribution in [1.82, 2.24) is 25.2 Å². The highest BCUT2D eigenvalue weighted by Gasteiger charge is 2.32. The minimum Gasteiger partial charge on any atom is -0.465 e. The molecule has 3 N–H and O–H groups in total. The lowest BCUT2D eigenvalue weighted by atomic mass is 9.84. The van der Waals surface area contributed by atoms with Crippen LogP contribution in [0.2, 0.25) is 0 Å². The van der Waals surface area contributed by atoms with Crippen molar-refractivity contribution in [2.75, 3.05) is 45.9 Å². The number of likely N-dealkylation sites (tertiary alicyclic amines) is 2. The Morgan fingerprint density at radius 3 is 1.64 bits per heavy atom. The summed E-state index contributed by atoms with van der Waals surface area (Å²) in [5, 5.41) is 5.35. The van der Waals surface area contributed by atoms with E-state index in [1.165, 1.54) is 12.1 Å². The van der Waals surface area contributed by atoms with E-state index in [2.05, 4.69) is 15.4 Å². The Labute approximate surface area is 362 Å². The normalized spacial score (nSPS) is 16.1. The van der Waals surface area contributed by atoms with Crippen molar-refractivity contribution in [3.8, 4) is 11.1 Å². The van der Waals surface area contributed by atoms with E-state index in [4.69, 9.17) is 14.2 Å². The van der Waals surface area contributed by atoms with Crippen LogP contribution in [0.3, 0.4) is 0 Å². The van der Waals surface area contributed by atoms with Crippen molar-refractivity contribution >= 4 is 40.0 Å². The summed E-state index contributed by atoms with van der Waals surface area (Å²) in [7, 11) is -4.19. The van der Waals surface area contributed by atoms with Gasteiger partial charge in [0.15, 0.2) is 0 Å². The molecule has 15 nitrogen and oxygen atoms in total. The summed E-state index contributed by atoms with van der Waals surface area (Å²) >= 11 is 0. The van der Waals surface area contributed by atoms with Gasteiger partial charge in [-0.05, 0) is 135 Å². The summed E-state index contributed by atoms with van der Waals surface area (Å²) in [4.78, 5) is 68.3. The van der Waals surface area contributed by atoms with Crippen LogP contribution in [0.5, 0.6) is 0 Å². The third kappa shape index (κ3) is 16.6. The molecule has 0 spiro atoms. The molecule has 2 aliphatic heterocycles. The molecule has 0 aliphatic carbocycles. The van der Waals surface area contributed by atoms with Gasteiger partial charge in [-0.2, -0.15) is 4.72 Å². The van der Waals surface area contributed by atoms with Gasteiger partial charge in [-0.3, -0.25) is 14.4 Å². The molecule has 61 heavy (non-hydrogen) atoms. The number of carbonyl (C=O) groups excluding carboxylic acids is 5. The summed E-state index contributed by atoms with van der Waals surface area (Å²) < 4.78 is 45.3. The molecule has 2 fully saturated rings. The van der Waals surface area contributed by atoms with Gasteiger partial charge in [-0.25, -0.2) is 18.0 Å². The number of carbonyl (C=O) groups is 5. The van der Waals surface area contributed by atoms with E-state index in [-0.39, 0.29) is 42.1 Å². The maximum absolute atomic E-state index is 13.7. The summed E-state index contributed by atoms with van der Waals surface area (Å²) in [5.74, 6) is -1.47. The Morgan fingerprint density at radius 2 is 1.18 bits per heavy atom. The Kier molecular flexibility index (Phi) is 18.0. The molecule has 2 aromatic rings. The molecule has 4 amide bonds.